The van der Waals surface area contributed by atoms with Crippen LogP contribution in [0.25, 0.3) is 0 Å². The van der Waals surface area contributed by atoms with Crippen LogP contribution in [0.15, 0.2) is 17.6 Å². The standard InChI is InChI=1S/C17H30N6.HI/c1-5-6-9-12-22(3)17(19-15-10-7-8-11-15)18-13-16-21-20-14(2)23(16)4;/h5,15H,1,6-13H2,2-4H3,(H,18,19);1H. The third kappa shape index (κ3) is 6.07. The van der Waals surface area contributed by atoms with Crippen molar-refractivity contribution in [2.45, 2.75) is 58.0 Å². The highest BCUT2D eigenvalue weighted by atomic mass is 127. The number of unbranched alkanes of at least 4 members (excludes halogenated alkanes) is 1. The molecule has 1 aliphatic rings. The Morgan fingerprint density at radius 1 is 1.42 bits per heavy atom. The molecule has 0 bridgehead atoms. The first-order valence-corrected chi connectivity index (χ1v) is 8.59. The molecule has 1 aromatic rings. The van der Waals surface area contributed by atoms with E-state index in [-0.39, 0.29) is 24.0 Å². The summed E-state index contributed by atoms with van der Waals surface area (Å²) >= 11 is 0. The molecule has 0 unspecified atom stereocenters. The molecule has 0 saturated heterocycles. The molecule has 136 valence electrons. The molecule has 24 heavy (non-hydrogen) atoms. The number of hydrogen-bond acceptors (Lipinski definition) is 3. The minimum atomic E-state index is 0. The Balaban J connectivity index is 0.00000288. The van der Waals surface area contributed by atoms with Crippen LogP contribution < -0.4 is 5.32 Å². The summed E-state index contributed by atoms with van der Waals surface area (Å²) in [6, 6.07) is 0.553. The van der Waals surface area contributed by atoms with Crippen LogP contribution in [0.4, 0.5) is 0 Å². The number of hydrogen-bond donors (Lipinski definition) is 1. The molecule has 2 rings (SSSR count). The van der Waals surface area contributed by atoms with Crippen molar-refractivity contribution in [3.63, 3.8) is 0 Å². The van der Waals surface area contributed by atoms with Gasteiger partial charge in [0.25, 0.3) is 0 Å². The van der Waals surface area contributed by atoms with Crippen LogP contribution in [0.1, 0.15) is 50.2 Å². The average molecular weight is 446 g/mol. The van der Waals surface area contributed by atoms with E-state index < -0.39 is 0 Å². The topological polar surface area (TPSA) is 58.3 Å². The van der Waals surface area contributed by atoms with Crippen LogP contribution in [0.2, 0.25) is 0 Å². The highest BCUT2D eigenvalue weighted by molar-refractivity contribution is 14.0. The molecule has 1 saturated carbocycles. The highest BCUT2D eigenvalue weighted by Gasteiger charge is 2.18. The van der Waals surface area contributed by atoms with Gasteiger partial charge >= 0.3 is 0 Å². The minimum Gasteiger partial charge on any atom is -0.354 e. The quantitative estimate of drug-likeness (QED) is 0.230. The third-order valence-electron chi connectivity index (χ3n) is 4.50. The molecular weight excluding hydrogens is 415 g/mol. The number of nitrogens with one attached hydrogen (secondary N) is 1. The van der Waals surface area contributed by atoms with Gasteiger partial charge in [0.05, 0.1) is 0 Å². The van der Waals surface area contributed by atoms with Gasteiger partial charge in [-0.1, -0.05) is 18.9 Å². The monoisotopic (exact) mass is 446 g/mol. The van der Waals surface area contributed by atoms with Crippen molar-refractivity contribution in [3.8, 4) is 0 Å². The zero-order chi connectivity index (χ0) is 16.7. The maximum Gasteiger partial charge on any atom is 0.194 e. The second-order valence-corrected chi connectivity index (χ2v) is 6.34. The first kappa shape index (κ1) is 20.9. The first-order chi connectivity index (χ1) is 11.1. The SMILES string of the molecule is C=CCCCN(C)C(=NCc1nnc(C)n1C)NC1CCCC1.I. The first-order valence-electron chi connectivity index (χ1n) is 8.59. The maximum atomic E-state index is 4.79. The van der Waals surface area contributed by atoms with Crippen molar-refractivity contribution in [2.75, 3.05) is 13.6 Å². The van der Waals surface area contributed by atoms with E-state index in [9.17, 15) is 0 Å². The Kier molecular flexibility index (Phi) is 9.31. The van der Waals surface area contributed by atoms with E-state index in [2.05, 4.69) is 34.0 Å². The van der Waals surface area contributed by atoms with Crippen LogP contribution in [0.5, 0.6) is 0 Å². The Morgan fingerprint density at radius 2 is 2.12 bits per heavy atom. The number of nitrogens with zero attached hydrogens (tertiary/aromatic N) is 5. The molecule has 7 heteroatoms. The summed E-state index contributed by atoms with van der Waals surface area (Å²) in [4.78, 5) is 7.01. The van der Waals surface area contributed by atoms with Gasteiger partial charge in [0.15, 0.2) is 11.8 Å². The number of rotatable bonds is 7. The van der Waals surface area contributed by atoms with Gasteiger partial charge in [-0.2, -0.15) is 0 Å². The lowest BCUT2D eigenvalue weighted by Gasteiger charge is -2.25. The van der Waals surface area contributed by atoms with Gasteiger partial charge in [0.2, 0.25) is 0 Å². The predicted molar refractivity (Wildman–Crippen MR) is 110 cm³/mol. The van der Waals surface area contributed by atoms with E-state index in [4.69, 9.17) is 4.99 Å². The molecular formula is C17H31IN6. The normalized spacial score (nSPS) is 15.2. The molecule has 0 aliphatic heterocycles. The van der Waals surface area contributed by atoms with Crippen molar-refractivity contribution in [1.29, 1.82) is 0 Å². The molecule has 0 spiro atoms. The van der Waals surface area contributed by atoms with Gasteiger partial charge in [-0.25, -0.2) is 4.99 Å². The van der Waals surface area contributed by atoms with Gasteiger partial charge < -0.3 is 14.8 Å². The summed E-state index contributed by atoms with van der Waals surface area (Å²) in [5.74, 6) is 2.79. The van der Waals surface area contributed by atoms with Crippen LogP contribution in [0, 0.1) is 6.92 Å². The Hall–Kier alpha value is -1.12. The van der Waals surface area contributed by atoms with E-state index in [0.717, 1.165) is 37.0 Å². The number of halogens is 1. The number of aromatic nitrogens is 3. The van der Waals surface area contributed by atoms with Gasteiger partial charge in [-0.05, 0) is 32.6 Å². The van der Waals surface area contributed by atoms with E-state index >= 15 is 0 Å². The van der Waals surface area contributed by atoms with Crippen molar-refractivity contribution in [2.24, 2.45) is 12.0 Å². The van der Waals surface area contributed by atoms with Gasteiger partial charge in [0, 0.05) is 26.7 Å². The van der Waals surface area contributed by atoms with E-state index in [1.807, 2.05) is 24.6 Å². The van der Waals surface area contributed by atoms with E-state index in [0.29, 0.717) is 12.6 Å². The Bertz CT molecular complexity index is 533. The smallest absolute Gasteiger partial charge is 0.194 e. The summed E-state index contributed by atoms with van der Waals surface area (Å²) in [6.45, 7) is 7.28. The van der Waals surface area contributed by atoms with Gasteiger partial charge in [-0.3, -0.25) is 0 Å². The van der Waals surface area contributed by atoms with Crippen LogP contribution in [0.3, 0.4) is 0 Å². The van der Waals surface area contributed by atoms with Crippen molar-refractivity contribution in [3.05, 3.63) is 24.3 Å². The molecule has 0 aromatic carbocycles. The van der Waals surface area contributed by atoms with E-state index in [1.165, 1.54) is 25.7 Å². The number of allylic oxidation sites excluding steroid dienone is 1. The third-order valence-corrected chi connectivity index (χ3v) is 4.50. The Labute approximate surface area is 162 Å². The number of guanidine groups is 1. The summed E-state index contributed by atoms with van der Waals surface area (Å²) in [5, 5.41) is 11.9. The molecule has 0 amide bonds. The number of aliphatic imine (C=N–C) groups is 1. The molecule has 0 radical (unpaired) electrons. The fraction of sp³-hybridized carbons (Fsp3) is 0.706. The number of aryl methyl sites for hydroxylation is 1. The molecule has 1 N–H and O–H groups in total. The van der Waals surface area contributed by atoms with E-state index in [1.54, 1.807) is 0 Å². The second-order valence-electron chi connectivity index (χ2n) is 6.34. The van der Waals surface area contributed by atoms with Crippen molar-refractivity contribution >= 4 is 29.9 Å². The average Bonchev–Trinajstić information content (AvgIpc) is 3.16. The fourth-order valence-corrected chi connectivity index (χ4v) is 2.84. The second kappa shape index (κ2) is 10.7. The summed E-state index contributed by atoms with van der Waals surface area (Å²) in [5.41, 5.74) is 0. The molecule has 0 atom stereocenters. The largest absolute Gasteiger partial charge is 0.354 e. The molecule has 6 nitrogen and oxygen atoms in total. The zero-order valence-corrected chi connectivity index (χ0v) is 17.5. The maximum absolute atomic E-state index is 4.79. The molecule has 1 heterocycles. The van der Waals surface area contributed by atoms with Crippen molar-refractivity contribution in [1.82, 2.24) is 25.0 Å². The molecule has 1 aromatic heterocycles. The lowest BCUT2D eigenvalue weighted by atomic mass is 10.2. The van der Waals surface area contributed by atoms with Gasteiger partial charge in [0.1, 0.15) is 12.4 Å². The zero-order valence-electron chi connectivity index (χ0n) is 15.2. The van der Waals surface area contributed by atoms with Crippen molar-refractivity contribution < 1.29 is 0 Å². The lowest BCUT2D eigenvalue weighted by molar-refractivity contribution is 0.452. The predicted octanol–water partition coefficient (Wildman–Crippen LogP) is 3.03. The molecule has 1 aliphatic carbocycles. The van der Waals surface area contributed by atoms with Crippen LogP contribution in [-0.2, 0) is 13.6 Å². The highest BCUT2D eigenvalue weighted by Crippen LogP contribution is 2.18. The fourth-order valence-electron chi connectivity index (χ4n) is 2.84. The molecule has 1 fully saturated rings. The minimum absolute atomic E-state index is 0. The summed E-state index contributed by atoms with van der Waals surface area (Å²) in [7, 11) is 4.09. The lowest BCUT2D eigenvalue weighted by Crippen LogP contribution is -2.43. The van der Waals surface area contributed by atoms with Crippen LogP contribution in [-0.4, -0.2) is 45.3 Å². The summed E-state index contributed by atoms with van der Waals surface area (Å²) in [6.07, 6.45) is 9.20. The van der Waals surface area contributed by atoms with Gasteiger partial charge in [-0.15, -0.1) is 40.8 Å². The summed E-state index contributed by atoms with van der Waals surface area (Å²) < 4.78 is 1.99. The van der Waals surface area contributed by atoms with Crippen LogP contribution >= 0.6 is 24.0 Å². The Morgan fingerprint density at radius 3 is 2.71 bits per heavy atom.